The Bertz CT molecular complexity index is 202. The summed E-state index contributed by atoms with van der Waals surface area (Å²) in [5.41, 5.74) is 0. The number of rotatable bonds is 23. The van der Waals surface area contributed by atoms with Crippen LogP contribution in [0.15, 0.2) is 0 Å². The van der Waals surface area contributed by atoms with Crippen LogP contribution in [-0.2, 0) is 0 Å². The maximum Gasteiger partial charge on any atom is -0.00489 e. The van der Waals surface area contributed by atoms with Gasteiger partial charge in [0.1, 0.15) is 0 Å². The lowest BCUT2D eigenvalue weighted by Gasteiger charge is -2.04. The molecule has 0 aromatic rings. The summed E-state index contributed by atoms with van der Waals surface area (Å²) in [7, 11) is 0. The van der Waals surface area contributed by atoms with Gasteiger partial charge in [0.25, 0.3) is 0 Å². The van der Waals surface area contributed by atoms with Crippen molar-refractivity contribution in [2.75, 3.05) is 13.1 Å². The first kappa shape index (κ1) is 26.0. The number of nitrogens with one attached hydrogen (secondary N) is 1. The molecule has 0 aliphatic carbocycles. The molecule has 0 radical (unpaired) electrons. The second-order valence-corrected chi connectivity index (χ2v) is 8.47. The van der Waals surface area contributed by atoms with E-state index in [1.807, 2.05) is 0 Å². The van der Waals surface area contributed by atoms with E-state index in [1.54, 1.807) is 0 Å². The predicted octanol–water partition coefficient (Wildman–Crippen LogP) is 8.81. The summed E-state index contributed by atoms with van der Waals surface area (Å²) < 4.78 is 0. The SMILES string of the molecule is CCCCCCCCCCCCCCCCCCCCCCNCCC. The van der Waals surface area contributed by atoms with Crippen LogP contribution in [0.25, 0.3) is 0 Å². The first-order valence-corrected chi connectivity index (χ1v) is 12.6. The van der Waals surface area contributed by atoms with E-state index in [0.717, 1.165) is 0 Å². The van der Waals surface area contributed by atoms with E-state index < -0.39 is 0 Å². The van der Waals surface area contributed by atoms with Crippen LogP contribution >= 0.6 is 0 Å². The third-order valence-corrected chi connectivity index (χ3v) is 5.63. The maximum atomic E-state index is 3.49. The molecule has 158 valence electrons. The van der Waals surface area contributed by atoms with Crippen molar-refractivity contribution in [3.8, 4) is 0 Å². The van der Waals surface area contributed by atoms with E-state index in [2.05, 4.69) is 19.2 Å². The van der Waals surface area contributed by atoms with Gasteiger partial charge in [-0.15, -0.1) is 0 Å². The summed E-state index contributed by atoms with van der Waals surface area (Å²) in [6.07, 6.45) is 30.5. The fraction of sp³-hybridized carbons (Fsp3) is 1.00. The molecule has 0 aliphatic rings. The molecule has 0 spiro atoms. The van der Waals surface area contributed by atoms with Crippen molar-refractivity contribution in [2.45, 2.75) is 149 Å². The molecule has 0 atom stereocenters. The Balaban J connectivity index is 2.95. The van der Waals surface area contributed by atoms with Crippen molar-refractivity contribution < 1.29 is 0 Å². The molecule has 1 nitrogen and oxygen atoms in total. The Morgan fingerprint density at radius 1 is 0.308 bits per heavy atom. The van der Waals surface area contributed by atoms with Crippen molar-refractivity contribution >= 4 is 0 Å². The van der Waals surface area contributed by atoms with Crippen LogP contribution in [0.3, 0.4) is 0 Å². The van der Waals surface area contributed by atoms with E-state index in [4.69, 9.17) is 0 Å². The minimum absolute atomic E-state index is 1.19. The topological polar surface area (TPSA) is 12.0 Å². The summed E-state index contributed by atoms with van der Waals surface area (Å²) >= 11 is 0. The molecule has 0 saturated heterocycles. The quantitative estimate of drug-likeness (QED) is 0.178. The predicted molar refractivity (Wildman–Crippen MR) is 121 cm³/mol. The molecule has 0 bridgehead atoms. The van der Waals surface area contributed by atoms with Crippen molar-refractivity contribution in [1.82, 2.24) is 5.32 Å². The van der Waals surface area contributed by atoms with Gasteiger partial charge >= 0.3 is 0 Å². The summed E-state index contributed by atoms with van der Waals surface area (Å²) in [5.74, 6) is 0. The van der Waals surface area contributed by atoms with Gasteiger partial charge in [0.05, 0.1) is 0 Å². The van der Waals surface area contributed by atoms with Gasteiger partial charge in [-0.3, -0.25) is 0 Å². The number of hydrogen-bond acceptors (Lipinski definition) is 1. The Kier molecular flexibility index (Phi) is 24.9. The fourth-order valence-corrected chi connectivity index (χ4v) is 3.81. The second kappa shape index (κ2) is 25.0. The normalized spacial score (nSPS) is 11.3. The van der Waals surface area contributed by atoms with Crippen LogP contribution in [0.4, 0.5) is 0 Å². The van der Waals surface area contributed by atoms with Crippen LogP contribution in [0.2, 0.25) is 0 Å². The first-order valence-electron chi connectivity index (χ1n) is 12.6. The molecule has 26 heavy (non-hydrogen) atoms. The Morgan fingerprint density at radius 2 is 0.615 bits per heavy atom. The zero-order valence-electron chi connectivity index (χ0n) is 18.8. The van der Waals surface area contributed by atoms with Gasteiger partial charge in [0.15, 0.2) is 0 Å². The summed E-state index contributed by atoms with van der Waals surface area (Å²) in [5, 5.41) is 3.49. The largest absolute Gasteiger partial charge is 0.317 e. The highest BCUT2D eigenvalue weighted by Crippen LogP contribution is 2.14. The summed E-state index contributed by atoms with van der Waals surface area (Å²) in [4.78, 5) is 0. The molecule has 0 heterocycles. The maximum absolute atomic E-state index is 3.49. The first-order chi connectivity index (χ1) is 12.9. The monoisotopic (exact) mass is 367 g/mol. The highest BCUT2D eigenvalue weighted by molar-refractivity contribution is 4.52. The molecule has 0 aromatic carbocycles. The van der Waals surface area contributed by atoms with Gasteiger partial charge in [-0.1, -0.05) is 136 Å². The third kappa shape index (κ3) is 24.0. The van der Waals surface area contributed by atoms with Gasteiger partial charge < -0.3 is 5.32 Å². The van der Waals surface area contributed by atoms with E-state index in [0.29, 0.717) is 0 Å². The van der Waals surface area contributed by atoms with Crippen LogP contribution in [0.5, 0.6) is 0 Å². The molecule has 0 saturated carbocycles. The Hall–Kier alpha value is -0.0400. The highest BCUT2D eigenvalue weighted by Gasteiger charge is 1.95. The van der Waals surface area contributed by atoms with Crippen LogP contribution < -0.4 is 5.32 Å². The number of hydrogen-bond donors (Lipinski definition) is 1. The highest BCUT2D eigenvalue weighted by atomic mass is 14.8. The van der Waals surface area contributed by atoms with Gasteiger partial charge in [-0.05, 0) is 25.9 Å². The van der Waals surface area contributed by atoms with E-state index in [-0.39, 0.29) is 0 Å². The third-order valence-electron chi connectivity index (χ3n) is 5.63. The molecular weight excluding hydrogens is 314 g/mol. The fourth-order valence-electron chi connectivity index (χ4n) is 3.81. The second-order valence-electron chi connectivity index (χ2n) is 8.47. The van der Waals surface area contributed by atoms with E-state index in [9.17, 15) is 0 Å². The van der Waals surface area contributed by atoms with Crippen molar-refractivity contribution in [2.24, 2.45) is 0 Å². The van der Waals surface area contributed by atoms with Gasteiger partial charge in [-0.2, -0.15) is 0 Å². The van der Waals surface area contributed by atoms with Crippen LogP contribution in [0, 0.1) is 0 Å². The van der Waals surface area contributed by atoms with Crippen molar-refractivity contribution in [3.05, 3.63) is 0 Å². The average molecular weight is 368 g/mol. The van der Waals surface area contributed by atoms with Crippen molar-refractivity contribution in [1.29, 1.82) is 0 Å². The van der Waals surface area contributed by atoms with E-state index >= 15 is 0 Å². The zero-order chi connectivity index (χ0) is 19.0. The Labute approximate surface area is 167 Å². The lowest BCUT2D eigenvalue weighted by molar-refractivity contribution is 0.519. The summed E-state index contributed by atoms with van der Waals surface area (Å²) in [6.45, 7) is 6.96. The molecule has 0 aromatic heterocycles. The van der Waals surface area contributed by atoms with Crippen LogP contribution in [0.1, 0.15) is 149 Å². The van der Waals surface area contributed by atoms with E-state index in [1.165, 1.54) is 148 Å². The smallest absolute Gasteiger partial charge is 0.00489 e. The van der Waals surface area contributed by atoms with Crippen molar-refractivity contribution in [3.63, 3.8) is 0 Å². The lowest BCUT2D eigenvalue weighted by Crippen LogP contribution is -2.15. The molecule has 0 rings (SSSR count). The Morgan fingerprint density at radius 3 is 0.923 bits per heavy atom. The van der Waals surface area contributed by atoms with Gasteiger partial charge in [-0.25, -0.2) is 0 Å². The molecule has 0 amide bonds. The molecular formula is C25H53N. The zero-order valence-corrected chi connectivity index (χ0v) is 18.8. The molecule has 0 fully saturated rings. The molecule has 1 heteroatoms. The van der Waals surface area contributed by atoms with Gasteiger partial charge in [0.2, 0.25) is 0 Å². The minimum atomic E-state index is 1.19. The molecule has 0 unspecified atom stereocenters. The summed E-state index contributed by atoms with van der Waals surface area (Å²) in [6, 6.07) is 0. The van der Waals surface area contributed by atoms with Gasteiger partial charge in [0, 0.05) is 0 Å². The molecule has 0 aliphatic heterocycles. The average Bonchev–Trinajstić information content (AvgIpc) is 2.66. The van der Waals surface area contributed by atoms with Crippen LogP contribution in [-0.4, -0.2) is 13.1 Å². The number of unbranched alkanes of at least 4 members (excludes halogenated alkanes) is 19. The lowest BCUT2D eigenvalue weighted by atomic mass is 10.0. The standard InChI is InChI=1S/C25H53N/c1-3-5-6-7-8-9-10-11-12-13-14-15-16-17-18-19-20-21-22-23-25-26-24-4-2/h26H,3-25H2,1-2H3. The minimum Gasteiger partial charge on any atom is -0.317 e. The molecule has 1 N–H and O–H groups in total.